The summed E-state index contributed by atoms with van der Waals surface area (Å²) in [6.07, 6.45) is 1.15. The van der Waals surface area contributed by atoms with Gasteiger partial charge in [0, 0.05) is 10.7 Å². The smallest absolute Gasteiger partial charge is 0.331 e. The Morgan fingerprint density at radius 2 is 2.27 bits per heavy atom. The van der Waals surface area contributed by atoms with Crippen LogP contribution in [0.4, 0.5) is 0 Å². The van der Waals surface area contributed by atoms with Crippen LogP contribution in [0.25, 0.3) is 0 Å². The second-order valence-electron chi connectivity index (χ2n) is 1.94. The van der Waals surface area contributed by atoms with Crippen molar-refractivity contribution in [3.05, 3.63) is 12.7 Å². The number of thioether (sulfide) groups is 1. The molecule has 0 saturated carbocycles. The van der Waals surface area contributed by atoms with Crippen LogP contribution in [-0.4, -0.2) is 16.0 Å². The van der Waals surface area contributed by atoms with Crippen LogP contribution in [0, 0.1) is 0 Å². The summed E-state index contributed by atoms with van der Waals surface area (Å²) in [5.74, 6) is -0.390. The van der Waals surface area contributed by atoms with Crippen LogP contribution >= 0.6 is 24.4 Å². The van der Waals surface area contributed by atoms with E-state index in [1.807, 2.05) is 6.92 Å². The number of thiol groups is 1. The molecule has 0 fully saturated rings. The lowest BCUT2D eigenvalue weighted by Gasteiger charge is -2.12. The van der Waals surface area contributed by atoms with Gasteiger partial charge in [0.25, 0.3) is 0 Å². The molecule has 0 N–H and O–H groups in total. The highest BCUT2D eigenvalue weighted by Crippen LogP contribution is 2.20. The lowest BCUT2D eigenvalue weighted by atomic mass is 10.6. The molecule has 4 heteroatoms. The molecule has 0 radical (unpaired) electrons. The molecule has 0 aliphatic carbocycles. The SMILES string of the molecule is C=CC(=O)OC(C)SC(C)S. The zero-order valence-electron chi connectivity index (χ0n) is 6.61. The highest BCUT2D eigenvalue weighted by molar-refractivity contribution is 8.10. The summed E-state index contributed by atoms with van der Waals surface area (Å²) >= 11 is 5.61. The summed E-state index contributed by atoms with van der Waals surface area (Å²) in [6, 6.07) is 0. The zero-order valence-corrected chi connectivity index (χ0v) is 8.32. The van der Waals surface area contributed by atoms with Crippen LogP contribution in [-0.2, 0) is 9.53 Å². The van der Waals surface area contributed by atoms with Crippen LogP contribution in [0.1, 0.15) is 13.8 Å². The van der Waals surface area contributed by atoms with Gasteiger partial charge in [-0.2, -0.15) is 12.6 Å². The Labute approximate surface area is 76.8 Å². The third kappa shape index (κ3) is 6.31. The maximum atomic E-state index is 10.6. The quantitative estimate of drug-likeness (QED) is 0.320. The van der Waals surface area contributed by atoms with Gasteiger partial charge in [-0.1, -0.05) is 6.58 Å². The summed E-state index contributed by atoms with van der Waals surface area (Å²) in [5.41, 5.74) is -0.159. The molecule has 2 nitrogen and oxygen atoms in total. The van der Waals surface area contributed by atoms with Crippen molar-refractivity contribution in [2.75, 3.05) is 0 Å². The topological polar surface area (TPSA) is 26.3 Å². The van der Waals surface area contributed by atoms with Crippen LogP contribution in [0.2, 0.25) is 0 Å². The summed E-state index contributed by atoms with van der Waals surface area (Å²) in [4.78, 5) is 10.6. The van der Waals surface area contributed by atoms with Crippen molar-refractivity contribution in [3.63, 3.8) is 0 Å². The first-order valence-corrected chi connectivity index (χ1v) is 4.68. The predicted octanol–water partition coefficient (Wildman–Crippen LogP) is 2.07. The Morgan fingerprint density at radius 3 is 2.64 bits per heavy atom. The van der Waals surface area contributed by atoms with E-state index in [1.165, 1.54) is 11.8 Å². The van der Waals surface area contributed by atoms with Crippen LogP contribution in [0.5, 0.6) is 0 Å². The van der Waals surface area contributed by atoms with E-state index in [9.17, 15) is 4.79 Å². The normalized spacial score (nSPS) is 15.2. The molecule has 0 aliphatic heterocycles. The van der Waals surface area contributed by atoms with Crippen molar-refractivity contribution in [1.29, 1.82) is 0 Å². The van der Waals surface area contributed by atoms with Gasteiger partial charge >= 0.3 is 5.97 Å². The Hall–Kier alpha value is -0.0900. The molecule has 64 valence electrons. The Balaban J connectivity index is 3.59. The average molecular weight is 192 g/mol. The molecule has 0 spiro atoms. The van der Waals surface area contributed by atoms with Crippen LogP contribution in [0.3, 0.4) is 0 Å². The van der Waals surface area contributed by atoms with Crippen molar-refractivity contribution >= 4 is 30.4 Å². The first-order valence-electron chi connectivity index (χ1n) is 3.23. The van der Waals surface area contributed by atoms with Gasteiger partial charge < -0.3 is 4.74 Å². The van der Waals surface area contributed by atoms with Crippen molar-refractivity contribution in [1.82, 2.24) is 0 Å². The number of carbonyl (C=O) groups excluding carboxylic acids is 1. The summed E-state index contributed by atoms with van der Waals surface area (Å²) in [7, 11) is 0. The molecule has 0 heterocycles. The third-order valence-electron chi connectivity index (χ3n) is 0.837. The standard InChI is InChI=1S/C7H12O2S2/c1-4-7(8)9-5(2)11-6(3)10/h4-6,10H,1H2,2-3H3. The van der Waals surface area contributed by atoms with E-state index in [0.717, 1.165) is 6.08 Å². The summed E-state index contributed by atoms with van der Waals surface area (Å²) < 4.78 is 5.04. The van der Waals surface area contributed by atoms with Gasteiger partial charge in [0.2, 0.25) is 0 Å². The average Bonchev–Trinajstić information content (AvgIpc) is 1.85. The first-order chi connectivity index (χ1) is 5.06. The van der Waals surface area contributed by atoms with E-state index in [-0.39, 0.29) is 16.0 Å². The van der Waals surface area contributed by atoms with Crippen molar-refractivity contribution in [2.45, 2.75) is 23.9 Å². The third-order valence-corrected chi connectivity index (χ3v) is 2.08. The molecule has 0 aromatic rings. The van der Waals surface area contributed by atoms with E-state index < -0.39 is 0 Å². The van der Waals surface area contributed by atoms with Crippen molar-refractivity contribution < 1.29 is 9.53 Å². The maximum Gasteiger partial charge on any atom is 0.331 e. The molecule has 2 atom stereocenters. The zero-order chi connectivity index (χ0) is 8.85. The fraction of sp³-hybridized carbons (Fsp3) is 0.571. The number of carbonyl (C=O) groups is 1. The fourth-order valence-corrected chi connectivity index (χ4v) is 1.74. The van der Waals surface area contributed by atoms with E-state index in [0.29, 0.717) is 0 Å². The van der Waals surface area contributed by atoms with E-state index in [2.05, 4.69) is 19.2 Å². The van der Waals surface area contributed by atoms with Crippen LogP contribution in [0.15, 0.2) is 12.7 Å². The molecule has 11 heavy (non-hydrogen) atoms. The maximum absolute atomic E-state index is 10.6. The molecule has 0 aromatic heterocycles. The van der Waals surface area contributed by atoms with Gasteiger partial charge in [-0.05, 0) is 13.8 Å². The number of rotatable bonds is 4. The van der Waals surface area contributed by atoms with Gasteiger partial charge in [0.05, 0.1) is 0 Å². The molecule has 0 rings (SSSR count). The van der Waals surface area contributed by atoms with Crippen molar-refractivity contribution in [3.8, 4) is 0 Å². The number of ether oxygens (including phenoxy) is 1. The second kappa shape index (κ2) is 5.55. The van der Waals surface area contributed by atoms with Crippen molar-refractivity contribution in [2.24, 2.45) is 0 Å². The lowest BCUT2D eigenvalue weighted by Crippen LogP contribution is -2.10. The first kappa shape index (κ1) is 10.9. The predicted molar refractivity (Wildman–Crippen MR) is 51.8 cm³/mol. The number of esters is 1. The van der Waals surface area contributed by atoms with Gasteiger partial charge in [0.15, 0.2) is 0 Å². The summed E-state index contributed by atoms with van der Waals surface area (Å²) in [6.45, 7) is 7.02. The summed E-state index contributed by atoms with van der Waals surface area (Å²) in [5, 5.41) is 0. The van der Waals surface area contributed by atoms with E-state index in [1.54, 1.807) is 6.92 Å². The largest absolute Gasteiger partial charge is 0.448 e. The Kier molecular flexibility index (Phi) is 5.50. The monoisotopic (exact) mass is 192 g/mol. The van der Waals surface area contributed by atoms with Gasteiger partial charge in [-0.25, -0.2) is 4.79 Å². The van der Waals surface area contributed by atoms with E-state index >= 15 is 0 Å². The highest BCUT2D eigenvalue weighted by atomic mass is 32.2. The second-order valence-corrected chi connectivity index (χ2v) is 4.71. The highest BCUT2D eigenvalue weighted by Gasteiger charge is 2.08. The van der Waals surface area contributed by atoms with Gasteiger partial charge in [-0.15, -0.1) is 11.8 Å². The fourth-order valence-electron chi connectivity index (χ4n) is 0.517. The Bertz CT molecular complexity index is 145. The minimum absolute atomic E-state index is 0.159. The minimum Gasteiger partial charge on any atom is -0.448 e. The molecule has 0 bridgehead atoms. The van der Waals surface area contributed by atoms with Gasteiger partial charge in [-0.3, -0.25) is 0 Å². The van der Waals surface area contributed by atoms with Gasteiger partial charge in [0.1, 0.15) is 5.44 Å². The molecule has 2 unspecified atom stereocenters. The molecule has 0 aromatic carbocycles. The molecule has 0 saturated heterocycles. The van der Waals surface area contributed by atoms with E-state index in [4.69, 9.17) is 4.74 Å². The van der Waals surface area contributed by atoms with Crippen LogP contribution < -0.4 is 0 Å². The molecule has 0 amide bonds. The Morgan fingerprint density at radius 1 is 1.73 bits per heavy atom. The molecule has 0 aliphatic rings. The minimum atomic E-state index is -0.390. The lowest BCUT2D eigenvalue weighted by molar-refractivity contribution is -0.138. The number of hydrogen-bond donors (Lipinski definition) is 1. The molecular weight excluding hydrogens is 180 g/mol. The number of hydrogen-bond acceptors (Lipinski definition) is 4. The molecular formula is C7H12O2S2.